The van der Waals surface area contributed by atoms with Gasteiger partial charge in [0.1, 0.15) is 17.4 Å². The van der Waals surface area contributed by atoms with Crippen LogP contribution in [0.15, 0.2) is 24.3 Å². The summed E-state index contributed by atoms with van der Waals surface area (Å²) in [5.74, 6) is -1.54. The van der Waals surface area contributed by atoms with Gasteiger partial charge in [0, 0.05) is 0 Å². The molecule has 0 aliphatic heterocycles. The van der Waals surface area contributed by atoms with E-state index in [1.807, 2.05) is 6.92 Å². The first-order valence-corrected chi connectivity index (χ1v) is 5.83. The van der Waals surface area contributed by atoms with E-state index in [2.05, 4.69) is 5.32 Å². The fourth-order valence-corrected chi connectivity index (χ4v) is 1.37. The lowest BCUT2D eigenvalue weighted by Gasteiger charge is -2.13. The summed E-state index contributed by atoms with van der Waals surface area (Å²) in [6.07, 6.45) is 0.906. The monoisotopic (exact) mass is 251 g/mol. The van der Waals surface area contributed by atoms with Gasteiger partial charge >= 0.3 is 11.9 Å². The molecule has 0 heterocycles. The van der Waals surface area contributed by atoms with Crippen LogP contribution < -0.4 is 10.1 Å². The molecule has 0 unspecified atom stereocenters. The largest absolute Gasteiger partial charge is 0.478 e. The first-order chi connectivity index (χ1) is 8.56. The minimum absolute atomic E-state index is 0.0199. The zero-order valence-corrected chi connectivity index (χ0v) is 10.5. The molecule has 0 fully saturated rings. The average molecular weight is 251 g/mol. The Bertz CT molecular complexity index is 431. The third-order valence-electron chi connectivity index (χ3n) is 2.38. The molecule has 2 N–H and O–H groups in total. The van der Waals surface area contributed by atoms with Crippen LogP contribution in [0.5, 0.6) is 5.75 Å². The molecule has 5 nitrogen and oxygen atoms in total. The van der Waals surface area contributed by atoms with Crippen molar-refractivity contribution >= 4 is 11.9 Å². The molecule has 0 radical (unpaired) electrons. The standard InChI is InChI=1S/C13H17NO4/c1-3-8-14-9(2)13(17)18-11-7-5-4-6-10(11)12(15)16/h4-7,9,14H,3,8H2,1-2H3,(H,15,16)/t9-/m0/s1. The lowest BCUT2D eigenvalue weighted by molar-refractivity contribution is -0.136. The second-order valence-electron chi connectivity index (χ2n) is 3.90. The highest BCUT2D eigenvalue weighted by atomic mass is 16.5. The van der Waals surface area contributed by atoms with Crippen LogP contribution in [0.4, 0.5) is 0 Å². The van der Waals surface area contributed by atoms with E-state index in [4.69, 9.17) is 9.84 Å². The lowest BCUT2D eigenvalue weighted by Crippen LogP contribution is -2.37. The SMILES string of the molecule is CCCN[C@@H](C)C(=O)Oc1ccccc1C(=O)O. The van der Waals surface area contributed by atoms with Gasteiger partial charge in [-0.25, -0.2) is 9.59 Å². The number of esters is 1. The number of nitrogens with one attached hydrogen (secondary N) is 1. The quantitative estimate of drug-likeness (QED) is 0.594. The van der Waals surface area contributed by atoms with Gasteiger partial charge in [-0.05, 0) is 32.0 Å². The summed E-state index contributed by atoms with van der Waals surface area (Å²) in [5.41, 5.74) is -0.0199. The summed E-state index contributed by atoms with van der Waals surface area (Å²) in [6, 6.07) is 5.61. The zero-order valence-electron chi connectivity index (χ0n) is 10.5. The zero-order chi connectivity index (χ0) is 13.5. The average Bonchev–Trinajstić information content (AvgIpc) is 2.36. The van der Waals surface area contributed by atoms with Gasteiger partial charge in [0.2, 0.25) is 0 Å². The minimum atomic E-state index is -1.12. The van der Waals surface area contributed by atoms with E-state index in [-0.39, 0.29) is 11.3 Å². The van der Waals surface area contributed by atoms with Crippen molar-refractivity contribution in [3.63, 3.8) is 0 Å². The molecule has 0 saturated heterocycles. The number of hydrogen-bond donors (Lipinski definition) is 2. The molecule has 98 valence electrons. The Labute approximate surface area is 106 Å². The second-order valence-corrected chi connectivity index (χ2v) is 3.90. The predicted molar refractivity (Wildman–Crippen MR) is 66.8 cm³/mol. The Balaban J connectivity index is 2.72. The Morgan fingerprint density at radius 3 is 2.67 bits per heavy atom. The van der Waals surface area contributed by atoms with E-state index in [0.717, 1.165) is 6.42 Å². The van der Waals surface area contributed by atoms with Crippen LogP contribution in [0.1, 0.15) is 30.6 Å². The summed E-state index contributed by atoms with van der Waals surface area (Å²) < 4.78 is 5.08. The fourth-order valence-electron chi connectivity index (χ4n) is 1.37. The van der Waals surface area contributed by atoms with Gasteiger partial charge in [-0.15, -0.1) is 0 Å². The Hall–Kier alpha value is -1.88. The van der Waals surface area contributed by atoms with Gasteiger partial charge in [0.15, 0.2) is 0 Å². The highest BCUT2D eigenvalue weighted by molar-refractivity contribution is 5.92. The molecule has 1 rings (SSSR count). The van der Waals surface area contributed by atoms with Crippen molar-refractivity contribution in [2.75, 3.05) is 6.54 Å². The molecule has 1 aromatic carbocycles. The van der Waals surface area contributed by atoms with Crippen LogP contribution in [0.25, 0.3) is 0 Å². The number of aromatic carboxylic acids is 1. The Morgan fingerprint density at radius 1 is 1.39 bits per heavy atom. The van der Waals surface area contributed by atoms with Gasteiger partial charge in [-0.3, -0.25) is 0 Å². The van der Waals surface area contributed by atoms with Crippen LogP contribution in [0, 0.1) is 0 Å². The van der Waals surface area contributed by atoms with Crippen molar-refractivity contribution in [3.05, 3.63) is 29.8 Å². The van der Waals surface area contributed by atoms with Crippen LogP contribution in [0.2, 0.25) is 0 Å². The molecule has 0 saturated carbocycles. The molecular weight excluding hydrogens is 234 g/mol. The summed E-state index contributed by atoms with van der Waals surface area (Å²) >= 11 is 0. The number of carboxylic acid groups (broad SMARTS) is 1. The van der Waals surface area contributed by atoms with Crippen molar-refractivity contribution in [2.24, 2.45) is 0 Å². The Morgan fingerprint density at radius 2 is 2.06 bits per heavy atom. The van der Waals surface area contributed by atoms with Gasteiger partial charge < -0.3 is 15.2 Å². The van der Waals surface area contributed by atoms with E-state index in [9.17, 15) is 9.59 Å². The highest BCUT2D eigenvalue weighted by Crippen LogP contribution is 2.18. The number of carboxylic acids is 1. The molecule has 0 aliphatic carbocycles. The number of carbonyl (C=O) groups excluding carboxylic acids is 1. The van der Waals surface area contributed by atoms with E-state index < -0.39 is 18.0 Å². The molecule has 0 spiro atoms. The summed E-state index contributed by atoms with van der Waals surface area (Å²) in [7, 11) is 0. The Kier molecular flexibility index (Phi) is 5.32. The maximum Gasteiger partial charge on any atom is 0.339 e. The molecular formula is C13H17NO4. The predicted octanol–water partition coefficient (Wildman–Crippen LogP) is 1.68. The molecule has 18 heavy (non-hydrogen) atoms. The van der Waals surface area contributed by atoms with E-state index in [1.165, 1.54) is 12.1 Å². The van der Waals surface area contributed by atoms with Crippen molar-refractivity contribution < 1.29 is 19.4 Å². The van der Waals surface area contributed by atoms with Gasteiger partial charge in [0.05, 0.1) is 0 Å². The van der Waals surface area contributed by atoms with Gasteiger partial charge in [-0.2, -0.15) is 0 Å². The number of hydrogen-bond acceptors (Lipinski definition) is 4. The van der Waals surface area contributed by atoms with Gasteiger partial charge in [0.25, 0.3) is 0 Å². The molecule has 1 aromatic rings. The molecule has 0 aromatic heterocycles. The number of para-hydroxylation sites is 1. The topological polar surface area (TPSA) is 75.6 Å². The second kappa shape index (κ2) is 6.76. The van der Waals surface area contributed by atoms with E-state index >= 15 is 0 Å². The molecule has 0 amide bonds. The van der Waals surface area contributed by atoms with Crippen LogP contribution in [-0.4, -0.2) is 29.6 Å². The first kappa shape index (κ1) is 14.2. The third-order valence-corrected chi connectivity index (χ3v) is 2.38. The van der Waals surface area contributed by atoms with E-state index in [0.29, 0.717) is 6.54 Å². The van der Waals surface area contributed by atoms with Gasteiger partial charge in [-0.1, -0.05) is 19.1 Å². The molecule has 0 aliphatic rings. The number of benzene rings is 1. The summed E-state index contributed by atoms with van der Waals surface area (Å²) in [5, 5.41) is 11.9. The van der Waals surface area contributed by atoms with Crippen molar-refractivity contribution in [1.82, 2.24) is 5.32 Å². The van der Waals surface area contributed by atoms with Crippen LogP contribution in [0.3, 0.4) is 0 Å². The number of rotatable bonds is 6. The minimum Gasteiger partial charge on any atom is -0.478 e. The van der Waals surface area contributed by atoms with Crippen molar-refractivity contribution in [2.45, 2.75) is 26.3 Å². The molecule has 5 heteroatoms. The lowest BCUT2D eigenvalue weighted by atomic mass is 10.2. The fraction of sp³-hybridized carbons (Fsp3) is 0.385. The highest BCUT2D eigenvalue weighted by Gasteiger charge is 2.18. The van der Waals surface area contributed by atoms with Crippen LogP contribution >= 0.6 is 0 Å². The van der Waals surface area contributed by atoms with Crippen LogP contribution in [-0.2, 0) is 4.79 Å². The normalized spacial score (nSPS) is 11.9. The maximum absolute atomic E-state index is 11.7. The number of ether oxygens (including phenoxy) is 1. The number of carbonyl (C=O) groups is 2. The van der Waals surface area contributed by atoms with Crippen molar-refractivity contribution in [3.8, 4) is 5.75 Å². The molecule has 1 atom stereocenters. The summed E-state index contributed by atoms with van der Waals surface area (Å²) in [6.45, 7) is 4.38. The maximum atomic E-state index is 11.7. The van der Waals surface area contributed by atoms with E-state index in [1.54, 1.807) is 19.1 Å². The first-order valence-electron chi connectivity index (χ1n) is 5.83. The third kappa shape index (κ3) is 3.85. The van der Waals surface area contributed by atoms with Crippen molar-refractivity contribution in [1.29, 1.82) is 0 Å². The smallest absolute Gasteiger partial charge is 0.339 e. The summed E-state index contributed by atoms with van der Waals surface area (Å²) in [4.78, 5) is 22.7. The molecule has 0 bridgehead atoms.